The molecule has 26 heavy (non-hydrogen) atoms. The quantitative estimate of drug-likeness (QED) is 0.403. The number of nitrogens with one attached hydrogen (secondary N) is 2. The standard InChI is InChI=1S/C17H17ClFN3O4/c1-2-3-8-20-26-16-10-14(13(19)9-12(16)18)21-17(23)11-6-4-5-7-15(11)22(24)25/h4-7,9-10,20H,2-3,8H2,1H3,(H,21,23). The normalized spacial score (nSPS) is 10.4. The lowest BCUT2D eigenvalue weighted by Gasteiger charge is -2.12. The molecule has 9 heteroatoms. The minimum absolute atomic E-state index is 0.0233. The van der Waals surface area contributed by atoms with Crippen molar-refractivity contribution in [3.63, 3.8) is 0 Å². The number of carbonyl (C=O) groups excluding carboxylic acids is 1. The van der Waals surface area contributed by atoms with Gasteiger partial charge >= 0.3 is 0 Å². The molecule has 7 nitrogen and oxygen atoms in total. The summed E-state index contributed by atoms with van der Waals surface area (Å²) in [7, 11) is 0. The lowest BCUT2D eigenvalue weighted by atomic mass is 10.1. The van der Waals surface area contributed by atoms with Gasteiger partial charge in [0.1, 0.15) is 11.4 Å². The van der Waals surface area contributed by atoms with Gasteiger partial charge in [-0.1, -0.05) is 37.1 Å². The van der Waals surface area contributed by atoms with Crippen LogP contribution in [-0.2, 0) is 0 Å². The van der Waals surface area contributed by atoms with Crippen LogP contribution in [0.1, 0.15) is 30.1 Å². The van der Waals surface area contributed by atoms with Crippen molar-refractivity contribution in [2.24, 2.45) is 0 Å². The van der Waals surface area contributed by atoms with E-state index in [9.17, 15) is 19.3 Å². The van der Waals surface area contributed by atoms with Crippen molar-refractivity contribution in [2.45, 2.75) is 19.8 Å². The molecule has 2 rings (SSSR count). The molecule has 0 saturated heterocycles. The van der Waals surface area contributed by atoms with Crippen molar-refractivity contribution in [3.05, 3.63) is 62.9 Å². The Balaban J connectivity index is 2.21. The highest BCUT2D eigenvalue weighted by Crippen LogP contribution is 2.31. The Hall–Kier alpha value is -2.71. The third kappa shape index (κ3) is 4.90. The van der Waals surface area contributed by atoms with Crippen LogP contribution in [0.3, 0.4) is 0 Å². The number of hydrogen-bond donors (Lipinski definition) is 2. The Morgan fingerprint density at radius 3 is 2.77 bits per heavy atom. The molecular formula is C17H17ClFN3O4. The number of benzene rings is 2. The highest BCUT2D eigenvalue weighted by molar-refractivity contribution is 6.32. The Bertz CT molecular complexity index is 817. The number of nitrogens with zero attached hydrogens (tertiary/aromatic N) is 1. The van der Waals surface area contributed by atoms with E-state index in [-0.39, 0.29) is 27.7 Å². The van der Waals surface area contributed by atoms with Crippen LogP contribution in [0.25, 0.3) is 0 Å². The van der Waals surface area contributed by atoms with Gasteiger partial charge < -0.3 is 10.2 Å². The topological polar surface area (TPSA) is 93.5 Å². The van der Waals surface area contributed by atoms with Crippen molar-refractivity contribution in [2.75, 3.05) is 11.9 Å². The Kier molecular flexibility index (Phi) is 6.88. The lowest BCUT2D eigenvalue weighted by molar-refractivity contribution is -0.385. The highest BCUT2D eigenvalue weighted by atomic mass is 35.5. The molecule has 0 atom stereocenters. The van der Waals surface area contributed by atoms with Crippen LogP contribution in [0.2, 0.25) is 5.02 Å². The van der Waals surface area contributed by atoms with Crippen LogP contribution in [0.5, 0.6) is 5.75 Å². The second kappa shape index (κ2) is 9.12. The molecule has 0 spiro atoms. The summed E-state index contributed by atoms with van der Waals surface area (Å²) in [6, 6.07) is 7.60. The van der Waals surface area contributed by atoms with Crippen molar-refractivity contribution >= 4 is 28.9 Å². The van der Waals surface area contributed by atoms with Crippen LogP contribution >= 0.6 is 11.6 Å². The molecule has 0 aliphatic carbocycles. The molecule has 0 saturated carbocycles. The van der Waals surface area contributed by atoms with Gasteiger partial charge in [0.25, 0.3) is 11.6 Å². The smallest absolute Gasteiger partial charge is 0.282 e. The molecule has 0 aliphatic heterocycles. The van der Waals surface area contributed by atoms with E-state index in [2.05, 4.69) is 10.8 Å². The van der Waals surface area contributed by atoms with Crippen LogP contribution in [0.4, 0.5) is 15.8 Å². The van der Waals surface area contributed by atoms with Gasteiger partial charge in [-0.25, -0.2) is 4.39 Å². The van der Waals surface area contributed by atoms with Gasteiger partial charge in [0.05, 0.1) is 15.6 Å². The van der Waals surface area contributed by atoms with Gasteiger partial charge in [-0.2, -0.15) is 5.48 Å². The zero-order valence-electron chi connectivity index (χ0n) is 13.9. The van der Waals surface area contributed by atoms with E-state index in [0.29, 0.717) is 6.54 Å². The highest BCUT2D eigenvalue weighted by Gasteiger charge is 2.21. The number of nitro groups is 1. The van der Waals surface area contributed by atoms with E-state index < -0.39 is 16.6 Å². The van der Waals surface area contributed by atoms with E-state index in [4.69, 9.17) is 16.4 Å². The van der Waals surface area contributed by atoms with Crippen molar-refractivity contribution in [1.82, 2.24) is 5.48 Å². The largest absolute Gasteiger partial charge is 0.407 e. The zero-order valence-corrected chi connectivity index (χ0v) is 14.7. The molecule has 0 bridgehead atoms. The monoisotopic (exact) mass is 381 g/mol. The van der Waals surface area contributed by atoms with Crippen LogP contribution in [0, 0.1) is 15.9 Å². The number of hydrogen-bond acceptors (Lipinski definition) is 5. The van der Waals surface area contributed by atoms with Gasteiger partial charge in [-0.3, -0.25) is 14.9 Å². The van der Waals surface area contributed by atoms with E-state index in [1.165, 1.54) is 30.3 Å². The van der Waals surface area contributed by atoms with Gasteiger partial charge in [0, 0.05) is 18.7 Å². The molecule has 0 unspecified atom stereocenters. The number of unbranched alkanes of at least 4 members (excludes halogenated alkanes) is 1. The van der Waals surface area contributed by atoms with E-state index >= 15 is 0 Å². The number of hydroxylamine groups is 1. The molecule has 2 aromatic rings. The fraction of sp³-hybridized carbons (Fsp3) is 0.235. The van der Waals surface area contributed by atoms with E-state index in [1.54, 1.807) is 0 Å². The number of nitro benzene ring substituents is 1. The van der Waals surface area contributed by atoms with Crippen LogP contribution < -0.4 is 15.6 Å². The first-order valence-electron chi connectivity index (χ1n) is 7.87. The molecule has 138 valence electrons. The van der Waals surface area contributed by atoms with Crippen molar-refractivity contribution in [3.8, 4) is 5.75 Å². The molecular weight excluding hydrogens is 365 g/mol. The summed E-state index contributed by atoms with van der Waals surface area (Å²) in [4.78, 5) is 27.9. The van der Waals surface area contributed by atoms with Gasteiger partial charge in [0.2, 0.25) is 0 Å². The summed E-state index contributed by atoms with van der Waals surface area (Å²) in [5.41, 5.74) is 1.92. The fourth-order valence-corrected chi connectivity index (χ4v) is 2.28. The summed E-state index contributed by atoms with van der Waals surface area (Å²) >= 11 is 5.93. The number of anilines is 1. The lowest BCUT2D eigenvalue weighted by Crippen LogP contribution is -2.20. The minimum atomic E-state index is -0.816. The van der Waals surface area contributed by atoms with Gasteiger partial charge in [-0.15, -0.1) is 0 Å². The predicted molar refractivity (Wildman–Crippen MR) is 96.0 cm³/mol. The first-order valence-corrected chi connectivity index (χ1v) is 8.25. The molecule has 0 heterocycles. The van der Waals surface area contributed by atoms with Crippen molar-refractivity contribution < 1.29 is 18.9 Å². The average Bonchev–Trinajstić information content (AvgIpc) is 2.62. The third-order valence-electron chi connectivity index (χ3n) is 3.43. The fourth-order valence-electron chi connectivity index (χ4n) is 2.10. The maximum Gasteiger partial charge on any atom is 0.282 e. The summed E-state index contributed by atoms with van der Waals surface area (Å²) in [5, 5.41) is 13.4. The maximum atomic E-state index is 14.1. The Labute approximate surface area is 154 Å². The molecule has 2 aromatic carbocycles. The zero-order chi connectivity index (χ0) is 19.1. The van der Waals surface area contributed by atoms with E-state index in [1.807, 2.05) is 6.92 Å². The summed E-state index contributed by atoms with van der Waals surface area (Å²) in [5.74, 6) is -1.48. The first kappa shape index (κ1) is 19.6. The summed E-state index contributed by atoms with van der Waals surface area (Å²) in [6.45, 7) is 2.59. The van der Waals surface area contributed by atoms with Crippen LogP contribution in [0.15, 0.2) is 36.4 Å². The first-order chi connectivity index (χ1) is 12.4. The number of amides is 1. The molecule has 0 aromatic heterocycles. The maximum absolute atomic E-state index is 14.1. The molecule has 0 fully saturated rings. The number of para-hydroxylation sites is 1. The Morgan fingerprint density at radius 2 is 2.08 bits per heavy atom. The molecule has 2 N–H and O–H groups in total. The number of halogens is 2. The molecule has 0 radical (unpaired) electrons. The average molecular weight is 382 g/mol. The van der Waals surface area contributed by atoms with Gasteiger partial charge in [-0.05, 0) is 18.6 Å². The summed E-state index contributed by atoms with van der Waals surface area (Å²) < 4.78 is 14.1. The van der Waals surface area contributed by atoms with Gasteiger partial charge in [0.15, 0.2) is 5.75 Å². The number of rotatable bonds is 8. The van der Waals surface area contributed by atoms with Crippen LogP contribution in [-0.4, -0.2) is 17.4 Å². The number of carbonyl (C=O) groups is 1. The van der Waals surface area contributed by atoms with E-state index in [0.717, 1.165) is 18.9 Å². The molecule has 1 amide bonds. The van der Waals surface area contributed by atoms with Crippen molar-refractivity contribution in [1.29, 1.82) is 0 Å². The summed E-state index contributed by atoms with van der Waals surface area (Å²) in [6.07, 6.45) is 1.84. The Morgan fingerprint density at radius 1 is 1.35 bits per heavy atom. The third-order valence-corrected chi connectivity index (χ3v) is 3.73. The molecule has 0 aliphatic rings. The predicted octanol–water partition coefficient (Wildman–Crippen LogP) is 4.32. The SMILES string of the molecule is CCCCNOc1cc(NC(=O)c2ccccc2[N+](=O)[O-])c(F)cc1Cl. The second-order valence-corrected chi connectivity index (χ2v) is 5.75. The minimum Gasteiger partial charge on any atom is -0.407 e. The second-order valence-electron chi connectivity index (χ2n) is 5.34.